The van der Waals surface area contributed by atoms with E-state index in [1.54, 1.807) is 31.2 Å². The number of halogens is 1. The van der Waals surface area contributed by atoms with Gasteiger partial charge >= 0.3 is 0 Å². The maximum Gasteiger partial charge on any atom is 0.238 e. The second kappa shape index (κ2) is 6.37. The van der Waals surface area contributed by atoms with E-state index in [9.17, 15) is 16.8 Å². The molecule has 2 aromatic carbocycles. The first-order chi connectivity index (χ1) is 10.2. The SMILES string of the molecule is Cc1cc(S(N)(=O)=O)ccc1-c1cc(Cl)ccc1C[SH](=O)=O. The number of nitrogens with two attached hydrogens (primary N) is 1. The molecule has 0 fully saturated rings. The van der Waals surface area contributed by atoms with Crippen molar-refractivity contribution in [2.45, 2.75) is 17.6 Å². The zero-order valence-electron chi connectivity index (χ0n) is 11.6. The minimum atomic E-state index is -3.78. The summed E-state index contributed by atoms with van der Waals surface area (Å²) in [5, 5.41) is 5.57. The second-order valence-electron chi connectivity index (χ2n) is 4.81. The van der Waals surface area contributed by atoms with Gasteiger partial charge in [0.15, 0.2) is 0 Å². The molecule has 0 saturated carbocycles. The highest BCUT2D eigenvalue weighted by Crippen LogP contribution is 2.31. The van der Waals surface area contributed by atoms with E-state index in [-0.39, 0.29) is 10.6 Å². The summed E-state index contributed by atoms with van der Waals surface area (Å²) in [4.78, 5) is 0.00669. The third-order valence-corrected chi connectivity index (χ3v) is 4.93. The minimum absolute atomic E-state index is 0.00669. The van der Waals surface area contributed by atoms with Gasteiger partial charge in [0.05, 0.1) is 10.6 Å². The van der Waals surface area contributed by atoms with Gasteiger partial charge in [-0.2, -0.15) is 0 Å². The maximum atomic E-state index is 11.4. The number of hydrogen-bond donors (Lipinski definition) is 2. The summed E-state index contributed by atoms with van der Waals surface area (Å²) in [6, 6.07) is 9.37. The Bertz CT molecular complexity index is 897. The van der Waals surface area contributed by atoms with Gasteiger partial charge in [-0.25, -0.2) is 22.0 Å². The number of primary sulfonamides is 1. The Balaban J connectivity index is 2.64. The van der Waals surface area contributed by atoms with E-state index in [2.05, 4.69) is 0 Å². The van der Waals surface area contributed by atoms with Crippen LogP contribution in [0, 0.1) is 6.92 Å². The molecule has 8 heteroatoms. The summed E-state index contributed by atoms with van der Waals surface area (Å²) in [6.45, 7) is 1.73. The predicted octanol–water partition coefficient (Wildman–Crippen LogP) is 2.07. The van der Waals surface area contributed by atoms with Crippen molar-refractivity contribution < 1.29 is 16.8 Å². The van der Waals surface area contributed by atoms with Gasteiger partial charge in [0.25, 0.3) is 0 Å². The van der Waals surface area contributed by atoms with Crippen molar-refractivity contribution >= 4 is 32.3 Å². The van der Waals surface area contributed by atoms with E-state index in [1.165, 1.54) is 12.1 Å². The van der Waals surface area contributed by atoms with Gasteiger partial charge in [-0.1, -0.05) is 23.7 Å². The predicted molar refractivity (Wildman–Crippen MR) is 87.0 cm³/mol. The lowest BCUT2D eigenvalue weighted by Crippen LogP contribution is -2.12. The molecule has 0 aliphatic rings. The van der Waals surface area contributed by atoms with Gasteiger partial charge in [-0.05, 0) is 53.4 Å². The molecule has 0 spiro atoms. The molecule has 0 heterocycles. The molecule has 0 atom stereocenters. The Labute approximate surface area is 135 Å². The molecule has 2 N–H and O–H groups in total. The van der Waals surface area contributed by atoms with Crippen molar-refractivity contribution in [1.82, 2.24) is 0 Å². The molecule has 0 amide bonds. The molecule has 118 valence electrons. The quantitative estimate of drug-likeness (QED) is 0.817. The monoisotopic (exact) mass is 359 g/mol. The molecular weight excluding hydrogens is 346 g/mol. The van der Waals surface area contributed by atoms with E-state index in [4.69, 9.17) is 16.7 Å². The van der Waals surface area contributed by atoms with E-state index >= 15 is 0 Å². The van der Waals surface area contributed by atoms with Gasteiger partial charge in [0.1, 0.15) is 10.7 Å². The fourth-order valence-corrected chi connectivity index (χ4v) is 3.52. The molecule has 0 aliphatic carbocycles. The van der Waals surface area contributed by atoms with E-state index in [0.717, 1.165) is 0 Å². The van der Waals surface area contributed by atoms with Gasteiger partial charge in [0.2, 0.25) is 10.0 Å². The number of rotatable bonds is 4. The standard InChI is InChI=1S/C14H14ClNO4S2/c1-9-6-12(22(16,19)20)4-5-13(9)14-7-11(15)3-2-10(14)8-21(17)18/h2-7,21H,8H2,1H3,(H2,16,19,20). The maximum absolute atomic E-state index is 11.4. The normalized spacial score (nSPS) is 11.8. The summed E-state index contributed by atoms with van der Waals surface area (Å²) >= 11 is 5.99. The van der Waals surface area contributed by atoms with Crippen molar-refractivity contribution in [2.24, 2.45) is 5.14 Å². The number of sulfonamides is 1. The lowest BCUT2D eigenvalue weighted by atomic mass is 9.97. The molecular formula is C14H14ClNO4S2. The van der Waals surface area contributed by atoms with Crippen LogP contribution in [0.25, 0.3) is 11.1 Å². The van der Waals surface area contributed by atoms with Crippen LogP contribution in [0.4, 0.5) is 0 Å². The molecule has 0 radical (unpaired) electrons. The van der Waals surface area contributed by atoms with E-state index in [0.29, 0.717) is 27.3 Å². The highest BCUT2D eigenvalue weighted by molar-refractivity contribution is 7.89. The van der Waals surface area contributed by atoms with Crippen LogP contribution in [0.5, 0.6) is 0 Å². The van der Waals surface area contributed by atoms with Crippen LogP contribution in [0.1, 0.15) is 11.1 Å². The van der Waals surface area contributed by atoms with Crippen molar-refractivity contribution in [1.29, 1.82) is 0 Å². The molecule has 0 saturated heterocycles. The lowest BCUT2D eigenvalue weighted by molar-refractivity contribution is 0.597. The molecule has 22 heavy (non-hydrogen) atoms. The molecule has 0 aliphatic heterocycles. The summed E-state index contributed by atoms with van der Waals surface area (Å²) in [6.07, 6.45) is 0. The Hall–Kier alpha value is -1.41. The van der Waals surface area contributed by atoms with Gasteiger partial charge < -0.3 is 0 Å². The highest BCUT2D eigenvalue weighted by atomic mass is 35.5. The van der Waals surface area contributed by atoms with Crippen LogP contribution >= 0.6 is 11.6 Å². The molecule has 0 aromatic heterocycles. The van der Waals surface area contributed by atoms with Crippen LogP contribution in [-0.2, 0) is 26.5 Å². The van der Waals surface area contributed by atoms with Gasteiger partial charge in [-0.3, -0.25) is 0 Å². The number of thiol groups is 1. The largest absolute Gasteiger partial charge is 0.238 e. The molecule has 0 unspecified atom stereocenters. The summed E-state index contributed by atoms with van der Waals surface area (Å²) in [5.41, 5.74) is 2.63. The molecule has 2 rings (SSSR count). The third-order valence-electron chi connectivity index (χ3n) is 3.19. The average molecular weight is 360 g/mol. The van der Waals surface area contributed by atoms with Crippen LogP contribution in [0.2, 0.25) is 5.02 Å². The Morgan fingerprint density at radius 2 is 1.77 bits per heavy atom. The second-order valence-corrected chi connectivity index (χ2v) is 7.79. The first kappa shape index (κ1) is 17.0. The number of aryl methyl sites for hydroxylation is 1. The average Bonchev–Trinajstić information content (AvgIpc) is 2.39. The fourth-order valence-electron chi connectivity index (χ4n) is 2.19. The van der Waals surface area contributed by atoms with Crippen molar-refractivity contribution in [3.8, 4) is 11.1 Å². The number of hydrogen-bond acceptors (Lipinski definition) is 4. The summed E-state index contributed by atoms with van der Waals surface area (Å²) in [7, 11) is -6.37. The van der Waals surface area contributed by atoms with Crippen LogP contribution in [-0.4, -0.2) is 16.8 Å². The Morgan fingerprint density at radius 1 is 1.09 bits per heavy atom. The minimum Gasteiger partial charge on any atom is -0.232 e. The summed E-state index contributed by atoms with van der Waals surface area (Å²) < 4.78 is 44.8. The zero-order valence-corrected chi connectivity index (χ0v) is 14.1. The third kappa shape index (κ3) is 3.86. The van der Waals surface area contributed by atoms with Gasteiger partial charge in [-0.15, -0.1) is 0 Å². The van der Waals surface area contributed by atoms with Gasteiger partial charge in [0, 0.05) is 5.02 Å². The van der Waals surface area contributed by atoms with E-state index < -0.39 is 20.7 Å². The lowest BCUT2D eigenvalue weighted by Gasteiger charge is -2.12. The van der Waals surface area contributed by atoms with Crippen LogP contribution in [0.15, 0.2) is 41.3 Å². The van der Waals surface area contributed by atoms with Crippen molar-refractivity contribution in [2.75, 3.05) is 0 Å². The van der Waals surface area contributed by atoms with Crippen molar-refractivity contribution in [3.63, 3.8) is 0 Å². The van der Waals surface area contributed by atoms with Crippen LogP contribution < -0.4 is 5.14 Å². The zero-order chi connectivity index (χ0) is 16.5. The molecule has 2 aromatic rings. The molecule has 5 nitrogen and oxygen atoms in total. The fraction of sp³-hybridized carbons (Fsp3) is 0.143. The smallest absolute Gasteiger partial charge is 0.232 e. The Morgan fingerprint density at radius 3 is 2.32 bits per heavy atom. The summed E-state index contributed by atoms with van der Waals surface area (Å²) in [5.74, 6) is -0.113. The first-order valence-corrected chi connectivity index (χ1v) is 9.51. The molecule has 0 bridgehead atoms. The van der Waals surface area contributed by atoms with E-state index in [1.807, 2.05) is 0 Å². The van der Waals surface area contributed by atoms with Crippen molar-refractivity contribution in [3.05, 3.63) is 52.5 Å². The Kier molecular flexibility index (Phi) is 4.91. The van der Waals surface area contributed by atoms with Crippen LogP contribution in [0.3, 0.4) is 0 Å². The highest BCUT2D eigenvalue weighted by Gasteiger charge is 2.13. The first-order valence-electron chi connectivity index (χ1n) is 6.22. The number of benzene rings is 2. The topological polar surface area (TPSA) is 94.3 Å².